The summed E-state index contributed by atoms with van der Waals surface area (Å²) in [5, 5.41) is 19.5. The van der Waals surface area contributed by atoms with Crippen molar-refractivity contribution >= 4 is 5.97 Å². The second kappa shape index (κ2) is 5.04. The smallest absolute Gasteiger partial charge is 0.314 e. The third kappa shape index (κ3) is 2.15. The standard InChI is InChI=1S/C15H18F2O3/c1-8(2)9-6-10(13(16)17)12(18)11(7-9)15(14(19)20)4-3-5-15/h6-8,13,18H,3-5H2,1-2H3,(H,19,20). The van der Waals surface area contributed by atoms with Crippen molar-refractivity contribution < 1.29 is 23.8 Å². The predicted molar refractivity (Wildman–Crippen MR) is 70.3 cm³/mol. The van der Waals surface area contributed by atoms with Crippen LogP contribution in [0.25, 0.3) is 0 Å². The number of halogens is 2. The van der Waals surface area contributed by atoms with Crippen LogP contribution in [0.1, 0.15) is 62.1 Å². The van der Waals surface area contributed by atoms with E-state index in [1.165, 1.54) is 6.07 Å². The van der Waals surface area contributed by atoms with Gasteiger partial charge < -0.3 is 10.2 Å². The molecule has 2 rings (SSSR count). The number of hydrogen-bond acceptors (Lipinski definition) is 2. The van der Waals surface area contributed by atoms with Gasteiger partial charge in [-0.1, -0.05) is 26.3 Å². The number of phenols is 1. The molecule has 0 bridgehead atoms. The summed E-state index contributed by atoms with van der Waals surface area (Å²) in [6, 6.07) is 2.83. The van der Waals surface area contributed by atoms with Crippen molar-refractivity contribution in [3.8, 4) is 5.75 Å². The molecule has 20 heavy (non-hydrogen) atoms. The molecule has 0 atom stereocenters. The van der Waals surface area contributed by atoms with Gasteiger partial charge in [0, 0.05) is 5.56 Å². The molecule has 1 aliphatic rings. The summed E-state index contributed by atoms with van der Waals surface area (Å²) < 4.78 is 26.1. The number of carboxylic acid groups (broad SMARTS) is 1. The molecule has 1 fully saturated rings. The molecule has 1 aromatic carbocycles. The Bertz CT molecular complexity index is 534. The zero-order valence-electron chi connectivity index (χ0n) is 11.5. The fraction of sp³-hybridized carbons (Fsp3) is 0.533. The fourth-order valence-electron chi connectivity index (χ4n) is 2.67. The second-order valence-corrected chi connectivity index (χ2v) is 5.70. The number of carbonyl (C=O) groups is 1. The SMILES string of the molecule is CC(C)c1cc(C(F)F)c(O)c(C2(C(=O)O)CCC2)c1. The van der Waals surface area contributed by atoms with Crippen molar-refractivity contribution in [3.63, 3.8) is 0 Å². The molecule has 110 valence electrons. The Balaban J connectivity index is 2.65. The van der Waals surface area contributed by atoms with E-state index in [-0.39, 0.29) is 11.5 Å². The molecular weight excluding hydrogens is 266 g/mol. The van der Waals surface area contributed by atoms with Crippen molar-refractivity contribution in [2.24, 2.45) is 0 Å². The van der Waals surface area contributed by atoms with Crippen LogP contribution in [-0.2, 0) is 10.2 Å². The van der Waals surface area contributed by atoms with E-state index >= 15 is 0 Å². The molecule has 0 spiro atoms. The number of benzene rings is 1. The number of hydrogen-bond donors (Lipinski definition) is 2. The molecular formula is C15H18F2O3. The summed E-state index contributed by atoms with van der Waals surface area (Å²) in [4.78, 5) is 11.5. The van der Waals surface area contributed by atoms with Crippen LogP contribution in [0.3, 0.4) is 0 Å². The Kier molecular flexibility index (Phi) is 3.71. The molecule has 0 aromatic heterocycles. The lowest BCUT2D eigenvalue weighted by molar-refractivity contribution is -0.147. The molecule has 0 aliphatic heterocycles. The van der Waals surface area contributed by atoms with Crippen molar-refractivity contribution in [1.29, 1.82) is 0 Å². The van der Waals surface area contributed by atoms with Gasteiger partial charge in [0.25, 0.3) is 6.43 Å². The number of phenolic OH excluding ortho intramolecular Hbond substituents is 1. The Morgan fingerprint density at radius 3 is 2.25 bits per heavy atom. The summed E-state index contributed by atoms with van der Waals surface area (Å²) in [6.07, 6.45) is -1.35. The monoisotopic (exact) mass is 284 g/mol. The fourth-order valence-corrected chi connectivity index (χ4v) is 2.67. The van der Waals surface area contributed by atoms with Crippen LogP contribution >= 0.6 is 0 Å². The van der Waals surface area contributed by atoms with Gasteiger partial charge >= 0.3 is 5.97 Å². The number of carboxylic acids is 1. The summed E-state index contributed by atoms with van der Waals surface area (Å²) in [6.45, 7) is 3.69. The van der Waals surface area contributed by atoms with Crippen LogP contribution in [0, 0.1) is 0 Å². The molecule has 2 N–H and O–H groups in total. The number of alkyl halides is 2. The van der Waals surface area contributed by atoms with Gasteiger partial charge in [-0.3, -0.25) is 4.79 Å². The van der Waals surface area contributed by atoms with E-state index < -0.39 is 29.1 Å². The van der Waals surface area contributed by atoms with E-state index in [9.17, 15) is 23.8 Å². The molecule has 0 unspecified atom stereocenters. The molecule has 1 aliphatic carbocycles. The van der Waals surface area contributed by atoms with Gasteiger partial charge in [-0.2, -0.15) is 0 Å². The molecule has 0 amide bonds. The number of rotatable bonds is 4. The number of aromatic hydroxyl groups is 1. The Morgan fingerprint density at radius 1 is 1.30 bits per heavy atom. The van der Waals surface area contributed by atoms with Gasteiger partial charge in [0.2, 0.25) is 0 Å². The first-order valence-corrected chi connectivity index (χ1v) is 6.68. The van der Waals surface area contributed by atoms with Gasteiger partial charge in [-0.05, 0) is 30.4 Å². The Morgan fingerprint density at radius 2 is 1.90 bits per heavy atom. The zero-order valence-corrected chi connectivity index (χ0v) is 11.5. The molecule has 0 radical (unpaired) electrons. The summed E-state index contributed by atoms with van der Waals surface area (Å²) in [7, 11) is 0. The van der Waals surface area contributed by atoms with Crippen LogP contribution in [-0.4, -0.2) is 16.2 Å². The van der Waals surface area contributed by atoms with Gasteiger partial charge in [-0.15, -0.1) is 0 Å². The minimum absolute atomic E-state index is 0.0160. The van der Waals surface area contributed by atoms with Crippen LogP contribution in [0.15, 0.2) is 12.1 Å². The summed E-state index contributed by atoms with van der Waals surface area (Å²) in [5.41, 5.74) is -0.921. The molecule has 1 saturated carbocycles. The van der Waals surface area contributed by atoms with Crippen LogP contribution in [0.2, 0.25) is 0 Å². The first-order valence-electron chi connectivity index (χ1n) is 6.68. The lowest BCUT2D eigenvalue weighted by atomic mass is 9.63. The highest BCUT2D eigenvalue weighted by molar-refractivity contribution is 5.84. The van der Waals surface area contributed by atoms with E-state index in [0.717, 1.165) is 6.42 Å². The molecule has 0 saturated heterocycles. The lowest BCUT2D eigenvalue weighted by Crippen LogP contribution is -2.42. The van der Waals surface area contributed by atoms with Crippen molar-refractivity contribution in [2.75, 3.05) is 0 Å². The average molecular weight is 284 g/mol. The Labute approximate surface area is 116 Å². The summed E-state index contributed by atoms with van der Waals surface area (Å²) in [5.74, 6) is -1.63. The predicted octanol–water partition coefficient (Wildman–Crippen LogP) is 3.96. The van der Waals surface area contributed by atoms with E-state index in [0.29, 0.717) is 18.4 Å². The maximum Gasteiger partial charge on any atom is 0.314 e. The minimum Gasteiger partial charge on any atom is -0.507 e. The number of aliphatic carboxylic acids is 1. The van der Waals surface area contributed by atoms with Crippen LogP contribution < -0.4 is 0 Å². The third-order valence-corrected chi connectivity index (χ3v) is 4.20. The Hall–Kier alpha value is -1.65. The highest BCUT2D eigenvalue weighted by Gasteiger charge is 2.48. The van der Waals surface area contributed by atoms with Gasteiger partial charge in [0.1, 0.15) is 5.75 Å². The van der Waals surface area contributed by atoms with Crippen molar-refractivity contribution in [1.82, 2.24) is 0 Å². The second-order valence-electron chi connectivity index (χ2n) is 5.70. The quantitative estimate of drug-likeness (QED) is 0.879. The topological polar surface area (TPSA) is 57.5 Å². The highest BCUT2D eigenvalue weighted by atomic mass is 19.3. The van der Waals surface area contributed by atoms with E-state index in [2.05, 4.69) is 0 Å². The first kappa shape index (κ1) is 14.8. The molecule has 5 heteroatoms. The zero-order chi connectivity index (χ0) is 15.1. The molecule has 1 aromatic rings. The first-order chi connectivity index (χ1) is 9.29. The van der Waals surface area contributed by atoms with Gasteiger partial charge in [0.05, 0.1) is 11.0 Å². The van der Waals surface area contributed by atoms with E-state index in [4.69, 9.17) is 0 Å². The van der Waals surface area contributed by atoms with Gasteiger partial charge in [-0.25, -0.2) is 8.78 Å². The highest BCUT2D eigenvalue weighted by Crippen LogP contribution is 2.50. The third-order valence-electron chi connectivity index (χ3n) is 4.20. The minimum atomic E-state index is -2.82. The molecule has 3 nitrogen and oxygen atoms in total. The van der Waals surface area contributed by atoms with Gasteiger partial charge in [0.15, 0.2) is 0 Å². The largest absolute Gasteiger partial charge is 0.507 e. The molecule has 0 heterocycles. The van der Waals surface area contributed by atoms with E-state index in [1.54, 1.807) is 6.07 Å². The lowest BCUT2D eigenvalue weighted by Gasteiger charge is -2.39. The average Bonchev–Trinajstić information content (AvgIpc) is 2.28. The normalized spacial score (nSPS) is 17.3. The van der Waals surface area contributed by atoms with Crippen LogP contribution in [0.4, 0.5) is 8.78 Å². The van der Waals surface area contributed by atoms with Crippen molar-refractivity contribution in [2.45, 2.75) is 50.9 Å². The maximum atomic E-state index is 13.1. The summed E-state index contributed by atoms with van der Waals surface area (Å²) >= 11 is 0. The maximum absolute atomic E-state index is 13.1. The van der Waals surface area contributed by atoms with Crippen LogP contribution in [0.5, 0.6) is 5.75 Å². The van der Waals surface area contributed by atoms with E-state index in [1.807, 2.05) is 13.8 Å². The van der Waals surface area contributed by atoms with Crippen molar-refractivity contribution in [3.05, 3.63) is 28.8 Å².